The molecule has 0 aliphatic carbocycles. The summed E-state index contributed by atoms with van der Waals surface area (Å²) < 4.78 is 13.1. The smallest absolute Gasteiger partial charge is 0.225 e. The SMILES string of the molecule is O=C(NCCc1ccc(F)cc1)C1CCC(=O)N(Cc2ccccc2)C1c1ccccc1. The number of halogens is 1. The van der Waals surface area contributed by atoms with E-state index in [1.54, 1.807) is 12.1 Å². The Kier molecular flexibility index (Phi) is 6.95. The molecule has 164 valence electrons. The molecule has 1 aliphatic rings. The Balaban J connectivity index is 1.51. The molecular formula is C27H27FN2O2. The lowest BCUT2D eigenvalue weighted by Crippen LogP contribution is -2.48. The van der Waals surface area contributed by atoms with Gasteiger partial charge in [-0.15, -0.1) is 0 Å². The lowest BCUT2D eigenvalue weighted by atomic mass is 9.83. The number of piperidine rings is 1. The molecule has 1 N–H and O–H groups in total. The highest BCUT2D eigenvalue weighted by Gasteiger charge is 2.40. The van der Waals surface area contributed by atoms with Crippen LogP contribution in [0, 0.1) is 11.7 Å². The second-order valence-corrected chi connectivity index (χ2v) is 8.18. The molecule has 32 heavy (non-hydrogen) atoms. The van der Waals surface area contributed by atoms with Crippen molar-refractivity contribution in [2.75, 3.05) is 6.54 Å². The first-order chi connectivity index (χ1) is 15.6. The lowest BCUT2D eigenvalue weighted by molar-refractivity contribution is -0.144. The minimum atomic E-state index is -0.327. The molecule has 2 unspecified atom stereocenters. The first kappa shape index (κ1) is 21.8. The van der Waals surface area contributed by atoms with E-state index in [2.05, 4.69) is 5.32 Å². The summed E-state index contributed by atoms with van der Waals surface area (Å²) in [6, 6.07) is 25.7. The van der Waals surface area contributed by atoms with Gasteiger partial charge in [0, 0.05) is 19.5 Å². The molecule has 1 aliphatic heterocycles. The van der Waals surface area contributed by atoms with Crippen LogP contribution in [0.5, 0.6) is 0 Å². The Hall–Kier alpha value is -3.47. The maximum Gasteiger partial charge on any atom is 0.225 e. The fraction of sp³-hybridized carbons (Fsp3) is 0.259. The molecule has 4 rings (SSSR count). The van der Waals surface area contributed by atoms with Gasteiger partial charge in [-0.25, -0.2) is 4.39 Å². The molecule has 0 saturated carbocycles. The van der Waals surface area contributed by atoms with Crippen molar-refractivity contribution in [3.05, 3.63) is 107 Å². The van der Waals surface area contributed by atoms with Crippen molar-refractivity contribution < 1.29 is 14.0 Å². The third-order valence-corrected chi connectivity index (χ3v) is 6.01. The zero-order valence-electron chi connectivity index (χ0n) is 17.9. The van der Waals surface area contributed by atoms with Gasteiger partial charge in [0.2, 0.25) is 11.8 Å². The monoisotopic (exact) mass is 430 g/mol. The fourth-order valence-corrected chi connectivity index (χ4v) is 4.37. The Morgan fingerprint density at radius 3 is 2.25 bits per heavy atom. The maximum absolute atomic E-state index is 13.2. The first-order valence-electron chi connectivity index (χ1n) is 11.0. The second kappa shape index (κ2) is 10.2. The molecule has 1 saturated heterocycles. The van der Waals surface area contributed by atoms with Crippen molar-refractivity contribution in [2.24, 2.45) is 5.92 Å². The van der Waals surface area contributed by atoms with Crippen LogP contribution >= 0.6 is 0 Å². The van der Waals surface area contributed by atoms with E-state index in [1.807, 2.05) is 65.6 Å². The Morgan fingerprint density at radius 1 is 0.906 bits per heavy atom. The Labute approximate surface area is 188 Å². The Bertz CT molecular complexity index is 1040. The van der Waals surface area contributed by atoms with Crippen LogP contribution in [0.4, 0.5) is 4.39 Å². The van der Waals surface area contributed by atoms with Crippen molar-refractivity contribution in [3.8, 4) is 0 Å². The van der Waals surface area contributed by atoms with Crippen molar-refractivity contribution in [2.45, 2.75) is 31.8 Å². The molecule has 3 aromatic carbocycles. The van der Waals surface area contributed by atoms with Gasteiger partial charge in [0.1, 0.15) is 5.82 Å². The number of nitrogens with zero attached hydrogens (tertiary/aromatic N) is 1. The van der Waals surface area contributed by atoms with Gasteiger partial charge in [0.15, 0.2) is 0 Å². The highest BCUT2D eigenvalue weighted by Crippen LogP contribution is 2.38. The molecule has 0 radical (unpaired) electrons. The van der Waals surface area contributed by atoms with Gasteiger partial charge in [-0.3, -0.25) is 9.59 Å². The number of hydrogen-bond donors (Lipinski definition) is 1. The summed E-state index contributed by atoms with van der Waals surface area (Å²) in [7, 11) is 0. The predicted octanol–water partition coefficient (Wildman–Crippen LogP) is 4.66. The van der Waals surface area contributed by atoms with Crippen molar-refractivity contribution in [1.29, 1.82) is 0 Å². The van der Waals surface area contributed by atoms with E-state index in [0.717, 1.165) is 16.7 Å². The van der Waals surface area contributed by atoms with Crippen LogP contribution in [0.25, 0.3) is 0 Å². The van der Waals surface area contributed by atoms with Crippen LogP contribution in [0.3, 0.4) is 0 Å². The molecule has 1 fully saturated rings. The maximum atomic E-state index is 13.2. The van der Waals surface area contributed by atoms with Crippen LogP contribution in [0.1, 0.15) is 35.6 Å². The highest BCUT2D eigenvalue weighted by atomic mass is 19.1. The van der Waals surface area contributed by atoms with E-state index in [9.17, 15) is 14.0 Å². The standard InChI is InChI=1S/C27H27FN2O2/c28-23-13-11-20(12-14-23)17-18-29-27(32)24-15-16-25(31)30(19-21-7-3-1-4-8-21)26(24)22-9-5-2-6-10-22/h1-14,24,26H,15-19H2,(H,29,32). The normalized spacial score (nSPS) is 18.4. The van der Waals surface area contributed by atoms with E-state index >= 15 is 0 Å². The van der Waals surface area contributed by atoms with Gasteiger partial charge < -0.3 is 10.2 Å². The lowest BCUT2D eigenvalue weighted by Gasteiger charge is -2.41. The third kappa shape index (κ3) is 5.22. The summed E-state index contributed by atoms with van der Waals surface area (Å²) in [4.78, 5) is 28.0. The first-order valence-corrected chi connectivity index (χ1v) is 11.0. The van der Waals surface area contributed by atoms with Crippen molar-refractivity contribution in [1.82, 2.24) is 10.2 Å². The van der Waals surface area contributed by atoms with Crippen LogP contribution < -0.4 is 5.32 Å². The van der Waals surface area contributed by atoms with Crippen LogP contribution in [-0.2, 0) is 22.6 Å². The summed E-state index contributed by atoms with van der Waals surface area (Å²) in [5, 5.41) is 3.04. The van der Waals surface area contributed by atoms with Crippen LogP contribution in [-0.4, -0.2) is 23.3 Å². The molecule has 3 aromatic rings. The summed E-state index contributed by atoms with van der Waals surface area (Å²) in [5.74, 6) is -0.578. The molecule has 2 amide bonds. The number of hydrogen-bond acceptors (Lipinski definition) is 2. The van der Waals surface area contributed by atoms with E-state index < -0.39 is 0 Å². The van der Waals surface area contributed by atoms with Crippen molar-refractivity contribution in [3.63, 3.8) is 0 Å². The quantitative estimate of drug-likeness (QED) is 0.593. The minimum absolute atomic E-state index is 0.0495. The zero-order chi connectivity index (χ0) is 22.3. The number of rotatable bonds is 7. The summed E-state index contributed by atoms with van der Waals surface area (Å²) in [5.41, 5.74) is 2.98. The summed E-state index contributed by atoms with van der Waals surface area (Å²) >= 11 is 0. The van der Waals surface area contributed by atoms with E-state index in [1.165, 1.54) is 12.1 Å². The summed E-state index contributed by atoms with van der Waals surface area (Å²) in [6.45, 7) is 0.938. The van der Waals surface area contributed by atoms with Crippen LogP contribution in [0.15, 0.2) is 84.9 Å². The van der Waals surface area contributed by atoms with Gasteiger partial charge in [-0.2, -0.15) is 0 Å². The molecule has 4 nitrogen and oxygen atoms in total. The minimum Gasteiger partial charge on any atom is -0.355 e. The van der Waals surface area contributed by atoms with Crippen LogP contribution in [0.2, 0.25) is 0 Å². The number of carbonyl (C=O) groups is 2. The molecule has 5 heteroatoms. The average Bonchev–Trinajstić information content (AvgIpc) is 2.82. The predicted molar refractivity (Wildman–Crippen MR) is 122 cm³/mol. The molecule has 1 heterocycles. The number of likely N-dealkylation sites (tertiary alicyclic amines) is 1. The molecule has 0 aromatic heterocycles. The molecule has 2 atom stereocenters. The second-order valence-electron chi connectivity index (χ2n) is 8.18. The van der Waals surface area contributed by atoms with Gasteiger partial charge in [0.25, 0.3) is 0 Å². The van der Waals surface area contributed by atoms with E-state index in [-0.39, 0.29) is 29.6 Å². The summed E-state index contributed by atoms with van der Waals surface area (Å²) in [6.07, 6.45) is 1.50. The molecular weight excluding hydrogens is 403 g/mol. The molecule has 0 spiro atoms. The number of benzene rings is 3. The average molecular weight is 431 g/mol. The van der Waals surface area contributed by atoms with Crippen molar-refractivity contribution >= 4 is 11.8 Å². The fourth-order valence-electron chi connectivity index (χ4n) is 4.37. The van der Waals surface area contributed by atoms with E-state index in [0.29, 0.717) is 32.4 Å². The number of amides is 2. The van der Waals surface area contributed by atoms with Gasteiger partial charge >= 0.3 is 0 Å². The topological polar surface area (TPSA) is 49.4 Å². The number of carbonyl (C=O) groups excluding carboxylic acids is 2. The number of nitrogens with one attached hydrogen (secondary N) is 1. The van der Waals surface area contributed by atoms with Gasteiger partial charge in [-0.1, -0.05) is 72.8 Å². The largest absolute Gasteiger partial charge is 0.355 e. The van der Waals surface area contributed by atoms with E-state index in [4.69, 9.17) is 0 Å². The zero-order valence-corrected chi connectivity index (χ0v) is 17.9. The third-order valence-electron chi connectivity index (χ3n) is 6.01. The highest BCUT2D eigenvalue weighted by molar-refractivity contribution is 5.85. The van der Waals surface area contributed by atoms with Gasteiger partial charge in [0.05, 0.1) is 12.0 Å². The Morgan fingerprint density at radius 2 is 1.56 bits per heavy atom. The van der Waals surface area contributed by atoms with Gasteiger partial charge in [-0.05, 0) is 41.7 Å². The molecule has 0 bridgehead atoms.